The molecular formula is C62H110O6. The van der Waals surface area contributed by atoms with Crippen LogP contribution in [0.2, 0.25) is 0 Å². The molecule has 0 heterocycles. The molecule has 0 aliphatic heterocycles. The van der Waals surface area contributed by atoms with Gasteiger partial charge in [0.15, 0.2) is 6.10 Å². The Hall–Kier alpha value is -2.89. The van der Waals surface area contributed by atoms with E-state index in [9.17, 15) is 14.4 Å². The second kappa shape index (κ2) is 56.7. The summed E-state index contributed by atoms with van der Waals surface area (Å²) in [5.41, 5.74) is 0. The summed E-state index contributed by atoms with van der Waals surface area (Å²) < 4.78 is 16.9. The lowest BCUT2D eigenvalue weighted by molar-refractivity contribution is -0.167. The Morgan fingerprint density at radius 2 is 0.574 bits per heavy atom. The number of hydrogen-bond acceptors (Lipinski definition) is 6. The lowest BCUT2D eigenvalue weighted by Gasteiger charge is -2.18. The first-order chi connectivity index (χ1) is 33.5. The average molecular weight is 952 g/mol. The number of esters is 3. The van der Waals surface area contributed by atoms with Crippen molar-refractivity contribution in [3.63, 3.8) is 0 Å². The molecule has 0 bridgehead atoms. The first-order valence-electron chi connectivity index (χ1n) is 29.3. The van der Waals surface area contributed by atoms with Crippen LogP contribution in [0, 0.1) is 0 Å². The van der Waals surface area contributed by atoms with Gasteiger partial charge in [-0.25, -0.2) is 0 Å². The fourth-order valence-corrected chi connectivity index (χ4v) is 8.37. The minimum atomic E-state index is -0.789. The molecule has 0 spiro atoms. The van der Waals surface area contributed by atoms with Gasteiger partial charge in [0, 0.05) is 19.3 Å². The third-order valence-corrected chi connectivity index (χ3v) is 12.8. The van der Waals surface area contributed by atoms with E-state index < -0.39 is 6.10 Å². The molecule has 0 aromatic heterocycles. The van der Waals surface area contributed by atoms with Gasteiger partial charge in [-0.05, 0) is 83.5 Å². The second-order valence-electron chi connectivity index (χ2n) is 19.5. The Morgan fingerprint density at radius 3 is 0.926 bits per heavy atom. The maximum absolute atomic E-state index is 12.8. The monoisotopic (exact) mass is 951 g/mol. The molecule has 0 N–H and O–H groups in total. The lowest BCUT2D eigenvalue weighted by atomic mass is 10.0. The van der Waals surface area contributed by atoms with E-state index in [4.69, 9.17) is 14.2 Å². The predicted octanol–water partition coefficient (Wildman–Crippen LogP) is 19.6. The van der Waals surface area contributed by atoms with Gasteiger partial charge < -0.3 is 14.2 Å². The zero-order valence-corrected chi connectivity index (χ0v) is 45.1. The van der Waals surface area contributed by atoms with Crippen LogP contribution in [0.5, 0.6) is 0 Å². The Morgan fingerprint density at radius 1 is 0.309 bits per heavy atom. The van der Waals surface area contributed by atoms with E-state index in [0.717, 1.165) is 103 Å². The van der Waals surface area contributed by atoms with Crippen molar-refractivity contribution in [1.29, 1.82) is 0 Å². The van der Waals surface area contributed by atoms with Crippen molar-refractivity contribution in [2.75, 3.05) is 13.2 Å². The largest absolute Gasteiger partial charge is 0.462 e. The topological polar surface area (TPSA) is 78.9 Å². The Kier molecular flexibility index (Phi) is 54.3. The number of carbonyl (C=O) groups excluding carboxylic acids is 3. The summed E-state index contributed by atoms with van der Waals surface area (Å²) in [5.74, 6) is -0.905. The van der Waals surface area contributed by atoms with Crippen molar-refractivity contribution in [2.24, 2.45) is 0 Å². The van der Waals surface area contributed by atoms with Crippen molar-refractivity contribution in [3.8, 4) is 0 Å². The third kappa shape index (κ3) is 54.1. The molecule has 0 aliphatic carbocycles. The molecular weight excluding hydrogens is 841 g/mol. The van der Waals surface area contributed by atoms with E-state index in [1.165, 1.54) is 154 Å². The first-order valence-corrected chi connectivity index (χ1v) is 29.3. The molecule has 1 unspecified atom stereocenters. The summed E-state index contributed by atoms with van der Waals surface area (Å²) in [6.07, 6.45) is 70.7. The predicted molar refractivity (Wildman–Crippen MR) is 293 cm³/mol. The van der Waals surface area contributed by atoms with Crippen LogP contribution in [0.25, 0.3) is 0 Å². The highest BCUT2D eigenvalue weighted by Gasteiger charge is 2.19. The van der Waals surface area contributed by atoms with Gasteiger partial charge in [0.1, 0.15) is 13.2 Å². The first kappa shape index (κ1) is 65.1. The lowest BCUT2D eigenvalue weighted by Crippen LogP contribution is -2.30. The van der Waals surface area contributed by atoms with Crippen LogP contribution in [0.4, 0.5) is 0 Å². The molecule has 0 aliphatic rings. The van der Waals surface area contributed by atoms with E-state index in [1.807, 2.05) is 0 Å². The van der Waals surface area contributed by atoms with E-state index in [1.54, 1.807) is 0 Å². The number of ether oxygens (including phenoxy) is 3. The van der Waals surface area contributed by atoms with E-state index in [0.29, 0.717) is 19.3 Å². The van der Waals surface area contributed by atoms with Crippen molar-refractivity contribution >= 4 is 17.9 Å². The third-order valence-electron chi connectivity index (χ3n) is 12.8. The normalized spacial score (nSPS) is 12.5. The summed E-state index contributed by atoms with van der Waals surface area (Å²) in [6.45, 7) is 6.52. The Balaban J connectivity index is 4.36. The molecule has 394 valence electrons. The molecule has 0 aromatic rings. The van der Waals surface area contributed by atoms with Crippen LogP contribution in [0.15, 0.2) is 60.8 Å². The molecule has 0 aromatic carbocycles. The van der Waals surface area contributed by atoms with Gasteiger partial charge in [-0.2, -0.15) is 0 Å². The molecule has 6 heteroatoms. The highest BCUT2D eigenvalue weighted by atomic mass is 16.6. The van der Waals surface area contributed by atoms with E-state index in [-0.39, 0.29) is 31.1 Å². The van der Waals surface area contributed by atoms with Gasteiger partial charge in [0.05, 0.1) is 0 Å². The molecule has 0 saturated heterocycles. The number of carbonyl (C=O) groups is 3. The highest BCUT2D eigenvalue weighted by Crippen LogP contribution is 2.16. The van der Waals surface area contributed by atoms with Crippen LogP contribution in [0.1, 0.15) is 297 Å². The molecule has 0 radical (unpaired) electrons. The van der Waals surface area contributed by atoms with Gasteiger partial charge >= 0.3 is 17.9 Å². The van der Waals surface area contributed by atoms with E-state index >= 15 is 0 Å². The molecule has 1 atom stereocenters. The number of hydrogen-bond donors (Lipinski definition) is 0. The maximum Gasteiger partial charge on any atom is 0.306 e. The van der Waals surface area contributed by atoms with Gasteiger partial charge in [-0.3, -0.25) is 14.4 Å². The van der Waals surface area contributed by atoms with Crippen LogP contribution < -0.4 is 0 Å². The van der Waals surface area contributed by atoms with Crippen molar-refractivity contribution in [1.82, 2.24) is 0 Å². The molecule has 0 saturated carbocycles. The standard InChI is InChI=1S/C62H110O6/c1-4-7-10-13-16-19-22-25-27-29-30-31-33-34-37-40-43-46-49-52-55-61(64)67-58-59(57-66-60(63)54-51-48-45-42-39-36-24-21-18-15-12-9-6-3)68-62(65)56-53-50-47-44-41-38-35-32-28-26-23-20-17-14-11-8-5-2/h8,11,17,20-21,24,26,28,35,38,59H,4-7,9-10,12-16,18-19,22-23,25,27,29-34,36-37,39-58H2,1-3H3/b11-8-,20-17-,24-21-,28-26-,38-35-. The SMILES string of the molecule is CC/C=C\C/C=C\C/C=C\C/C=C\CCCCCCC(=O)OC(COC(=O)CCCCCCC/C=C\CCCCCC)COC(=O)CCCCCCCCCCCCCCCCCCCCCC. The fraction of sp³-hybridized carbons (Fsp3) is 0.790. The zero-order valence-electron chi connectivity index (χ0n) is 45.1. The van der Waals surface area contributed by atoms with Gasteiger partial charge in [0.25, 0.3) is 0 Å². The average Bonchev–Trinajstić information content (AvgIpc) is 3.34. The molecule has 0 fully saturated rings. The minimum Gasteiger partial charge on any atom is -0.462 e. The van der Waals surface area contributed by atoms with Crippen LogP contribution in [0.3, 0.4) is 0 Å². The Bertz CT molecular complexity index is 1230. The van der Waals surface area contributed by atoms with Crippen LogP contribution in [-0.2, 0) is 28.6 Å². The number of allylic oxidation sites excluding steroid dienone is 10. The van der Waals surface area contributed by atoms with Crippen molar-refractivity contribution in [3.05, 3.63) is 60.8 Å². The summed E-state index contributed by atoms with van der Waals surface area (Å²) in [7, 11) is 0. The van der Waals surface area contributed by atoms with Crippen LogP contribution >= 0.6 is 0 Å². The van der Waals surface area contributed by atoms with Crippen molar-refractivity contribution in [2.45, 2.75) is 303 Å². The molecule has 68 heavy (non-hydrogen) atoms. The fourth-order valence-electron chi connectivity index (χ4n) is 8.37. The maximum atomic E-state index is 12.8. The number of unbranched alkanes of at least 4 members (excludes halogenated alkanes) is 32. The second-order valence-corrected chi connectivity index (χ2v) is 19.5. The zero-order chi connectivity index (χ0) is 49.3. The van der Waals surface area contributed by atoms with Crippen molar-refractivity contribution < 1.29 is 28.6 Å². The smallest absolute Gasteiger partial charge is 0.306 e. The summed E-state index contributed by atoms with van der Waals surface area (Å²) >= 11 is 0. The summed E-state index contributed by atoms with van der Waals surface area (Å²) in [4.78, 5) is 38.1. The summed E-state index contributed by atoms with van der Waals surface area (Å²) in [5, 5.41) is 0. The Labute approximate surface area is 421 Å². The molecule has 0 amide bonds. The van der Waals surface area contributed by atoms with Gasteiger partial charge in [0.2, 0.25) is 0 Å². The minimum absolute atomic E-state index is 0.0842. The van der Waals surface area contributed by atoms with Gasteiger partial charge in [-0.1, -0.05) is 255 Å². The number of rotatable bonds is 53. The molecule has 0 rings (SSSR count). The highest BCUT2D eigenvalue weighted by molar-refractivity contribution is 5.71. The van der Waals surface area contributed by atoms with Gasteiger partial charge in [-0.15, -0.1) is 0 Å². The summed E-state index contributed by atoms with van der Waals surface area (Å²) in [6, 6.07) is 0. The van der Waals surface area contributed by atoms with E-state index in [2.05, 4.69) is 81.5 Å². The quantitative estimate of drug-likeness (QED) is 0.0262. The van der Waals surface area contributed by atoms with Crippen LogP contribution in [-0.4, -0.2) is 37.2 Å². The molecule has 6 nitrogen and oxygen atoms in total.